The normalized spacial score (nSPS) is 21.8. The maximum atomic E-state index is 11.6. The number of fused-ring (bicyclic) bond motifs is 1. The number of ether oxygens (including phenoxy) is 3. The molecule has 2 heterocycles. The van der Waals surface area contributed by atoms with Gasteiger partial charge in [-0.25, -0.2) is 0 Å². The van der Waals surface area contributed by atoms with Gasteiger partial charge in [0, 0.05) is 28.5 Å². The average molecular weight is 749 g/mol. The van der Waals surface area contributed by atoms with E-state index in [1.807, 2.05) is 11.3 Å². The number of hydrogen-bond donors (Lipinski definition) is 0. The zero-order chi connectivity index (χ0) is 37.3. The Morgan fingerprint density at radius 1 is 0.981 bits per heavy atom. The molecule has 0 radical (unpaired) electrons. The van der Waals surface area contributed by atoms with Crippen LogP contribution < -0.4 is 10.4 Å². The third-order valence-electron chi connectivity index (χ3n) is 10.8. The van der Waals surface area contributed by atoms with Crippen molar-refractivity contribution in [2.75, 3.05) is 13.7 Å². The molecular formula is C46H56O5SSi. The van der Waals surface area contributed by atoms with E-state index in [0.29, 0.717) is 6.42 Å². The van der Waals surface area contributed by atoms with E-state index in [9.17, 15) is 4.79 Å². The van der Waals surface area contributed by atoms with Gasteiger partial charge in [0.2, 0.25) is 0 Å². The maximum Gasteiger partial charge on any atom is 0.305 e. The number of benzene rings is 3. The van der Waals surface area contributed by atoms with E-state index in [1.54, 1.807) is 0 Å². The fraction of sp³-hybridized carbons (Fsp3) is 0.413. The highest BCUT2D eigenvalue weighted by molar-refractivity contribution is 7.19. The Hall–Kier alpha value is -3.59. The van der Waals surface area contributed by atoms with Crippen molar-refractivity contribution in [2.24, 2.45) is 11.8 Å². The molecule has 1 saturated heterocycles. The first-order valence-corrected chi connectivity index (χ1v) is 22.0. The SMILES string of the molecule is C=C1C[C@@H](OC2CCCCO2)[C@H](CC=CCCCC(=O)OC)[C@@H]1C=C[C@@H](O[Si](c1ccccc1)(c1ccccc1)C(C)(C)C)c1cc2ccccc2s1. The molecule has 0 N–H and O–H groups in total. The number of allylic oxidation sites excluding steroid dienone is 3. The van der Waals surface area contributed by atoms with Crippen LogP contribution in [0.25, 0.3) is 10.1 Å². The fourth-order valence-corrected chi connectivity index (χ4v) is 13.9. The molecule has 0 amide bonds. The summed E-state index contributed by atoms with van der Waals surface area (Å²) in [7, 11) is -1.45. The van der Waals surface area contributed by atoms with Crippen LogP contribution in [0.3, 0.4) is 0 Å². The Balaban J connectivity index is 1.37. The summed E-state index contributed by atoms with van der Waals surface area (Å²) in [6.45, 7) is 12.4. The molecule has 1 unspecified atom stereocenters. The molecule has 2 fully saturated rings. The number of methoxy groups -OCH3 is 1. The molecule has 0 bridgehead atoms. The highest BCUT2D eigenvalue weighted by Gasteiger charge is 2.51. The number of unbranched alkanes of at least 4 members (excludes halogenated alkanes) is 1. The van der Waals surface area contributed by atoms with Crippen molar-refractivity contribution < 1.29 is 23.4 Å². The van der Waals surface area contributed by atoms with Crippen LogP contribution in [0, 0.1) is 11.8 Å². The smallest absolute Gasteiger partial charge is 0.305 e. The lowest BCUT2D eigenvalue weighted by Gasteiger charge is -2.44. The Bertz CT molecular complexity index is 1760. The molecule has 53 heavy (non-hydrogen) atoms. The molecule has 280 valence electrons. The summed E-state index contributed by atoms with van der Waals surface area (Å²) in [5.41, 5.74) is 1.19. The Morgan fingerprint density at radius 2 is 1.68 bits per heavy atom. The molecule has 1 aliphatic carbocycles. The van der Waals surface area contributed by atoms with Crippen LogP contribution >= 0.6 is 11.3 Å². The molecule has 5 atom stereocenters. The second-order valence-corrected chi connectivity index (χ2v) is 20.8. The van der Waals surface area contributed by atoms with E-state index in [1.165, 1.54) is 38.0 Å². The molecule has 4 aromatic rings. The van der Waals surface area contributed by atoms with Gasteiger partial charge < -0.3 is 18.6 Å². The number of esters is 1. The van der Waals surface area contributed by atoms with E-state index >= 15 is 0 Å². The summed E-state index contributed by atoms with van der Waals surface area (Å²) in [6.07, 6.45) is 15.6. The molecule has 7 heteroatoms. The third kappa shape index (κ3) is 9.38. The first kappa shape index (κ1) is 39.1. The summed E-state index contributed by atoms with van der Waals surface area (Å²) in [5.74, 6) is 0.158. The summed E-state index contributed by atoms with van der Waals surface area (Å²) in [5, 5.41) is 3.59. The van der Waals surface area contributed by atoms with Crippen LogP contribution in [0.2, 0.25) is 5.04 Å². The van der Waals surface area contributed by atoms with Crippen molar-refractivity contribution >= 4 is 46.1 Å². The number of hydrogen-bond acceptors (Lipinski definition) is 6. The zero-order valence-electron chi connectivity index (χ0n) is 31.9. The summed E-state index contributed by atoms with van der Waals surface area (Å²) >= 11 is 1.82. The van der Waals surface area contributed by atoms with E-state index < -0.39 is 8.32 Å². The lowest BCUT2D eigenvalue weighted by Crippen LogP contribution is -2.66. The van der Waals surface area contributed by atoms with Gasteiger partial charge in [-0.2, -0.15) is 0 Å². The minimum absolute atomic E-state index is 0.0142. The van der Waals surface area contributed by atoms with E-state index in [2.05, 4.69) is 143 Å². The van der Waals surface area contributed by atoms with Crippen LogP contribution in [0.15, 0.2) is 127 Å². The minimum atomic E-state index is -2.90. The second kappa shape index (κ2) is 18.2. The minimum Gasteiger partial charge on any atom is -0.469 e. The first-order valence-electron chi connectivity index (χ1n) is 19.3. The second-order valence-electron chi connectivity index (χ2n) is 15.5. The number of thiophene rings is 1. The van der Waals surface area contributed by atoms with Gasteiger partial charge in [-0.05, 0) is 83.8 Å². The number of carbonyl (C=O) groups excluding carboxylic acids is 1. The Kier molecular flexibility index (Phi) is 13.4. The van der Waals surface area contributed by atoms with E-state index in [0.717, 1.165) is 51.6 Å². The largest absolute Gasteiger partial charge is 0.469 e. The first-order chi connectivity index (χ1) is 25.7. The van der Waals surface area contributed by atoms with Gasteiger partial charge >= 0.3 is 5.97 Å². The van der Waals surface area contributed by atoms with Crippen molar-refractivity contribution in [3.05, 3.63) is 132 Å². The number of carbonyl (C=O) groups is 1. The average Bonchev–Trinajstić information content (AvgIpc) is 3.73. The molecular weight excluding hydrogens is 693 g/mol. The van der Waals surface area contributed by atoms with E-state index in [4.69, 9.17) is 18.6 Å². The van der Waals surface area contributed by atoms with Crippen LogP contribution in [0.1, 0.15) is 83.1 Å². The van der Waals surface area contributed by atoms with E-state index in [-0.39, 0.29) is 41.3 Å². The molecule has 1 saturated carbocycles. The topological polar surface area (TPSA) is 54.0 Å². The standard InChI is InChI=1S/C46H56O5SSi/c1-34-32-41(50-45-28-18-19-31-49-45)39(25-14-6-7-15-27-44(47)48-5)38(34)29-30-40(43-33-35-20-16-17-26-42(35)52-43)51-53(46(2,3)4,36-21-10-8-11-22-36)37-23-12-9-13-24-37/h6,8-14,16-17,20-24,26,29-30,33,38-41,45H,1,7,15,18-19,25,27-28,31-32H2,2-5H3/t38-,39-,40-,41-,45?/m1/s1. The van der Waals surface area contributed by atoms with Crippen molar-refractivity contribution in [2.45, 2.75) is 95.7 Å². The van der Waals surface area contributed by atoms with Crippen molar-refractivity contribution in [3.63, 3.8) is 0 Å². The molecule has 1 aliphatic heterocycles. The van der Waals surface area contributed by atoms with Crippen LogP contribution in [-0.4, -0.2) is 40.4 Å². The molecule has 1 aromatic heterocycles. The van der Waals surface area contributed by atoms with Crippen LogP contribution in [-0.2, 0) is 23.4 Å². The van der Waals surface area contributed by atoms with Crippen molar-refractivity contribution in [3.8, 4) is 0 Å². The number of rotatable bonds is 15. The Morgan fingerprint density at radius 3 is 2.32 bits per heavy atom. The predicted molar refractivity (Wildman–Crippen MR) is 221 cm³/mol. The summed E-state index contributed by atoms with van der Waals surface area (Å²) in [4.78, 5) is 12.8. The van der Waals surface area contributed by atoms with Gasteiger partial charge in [0.15, 0.2) is 6.29 Å². The fourth-order valence-electron chi connectivity index (χ4n) is 8.09. The third-order valence-corrected chi connectivity index (χ3v) is 17.0. The summed E-state index contributed by atoms with van der Waals surface area (Å²) < 4.78 is 26.7. The Labute approximate surface area is 321 Å². The monoisotopic (exact) mass is 748 g/mol. The zero-order valence-corrected chi connectivity index (χ0v) is 33.7. The molecule has 5 nitrogen and oxygen atoms in total. The van der Waals surface area contributed by atoms with Crippen molar-refractivity contribution in [1.82, 2.24) is 0 Å². The van der Waals surface area contributed by atoms with Crippen LogP contribution in [0.5, 0.6) is 0 Å². The lowest BCUT2D eigenvalue weighted by molar-refractivity contribution is -0.194. The van der Waals surface area contributed by atoms with Crippen LogP contribution in [0.4, 0.5) is 0 Å². The van der Waals surface area contributed by atoms with Crippen molar-refractivity contribution in [1.29, 1.82) is 0 Å². The maximum absolute atomic E-state index is 11.6. The lowest BCUT2D eigenvalue weighted by atomic mass is 9.89. The molecule has 0 spiro atoms. The molecule has 3 aromatic carbocycles. The summed E-state index contributed by atoms with van der Waals surface area (Å²) in [6, 6.07) is 32.7. The molecule has 2 aliphatic rings. The predicted octanol–water partition coefficient (Wildman–Crippen LogP) is 10.5. The van der Waals surface area contributed by atoms with Gasteiger partial charge in [0.25, 0.3) is 8.32 Å². The van der Waals surface area contributed by atoms with Gasteiger partial charge in [0.1, 0.15) is 0 Å². The quantitative estimate of drug-likeness (QED) is 0.0524. The highest BCUT2D eigenvalue weighted by atomic mass is 32.1. The highest BCUT2D eigenvalue weighted by Crippen LogP contribution is 2.45. The van der Waals surface area contributed by atoms with Gasteiger partial charge in [-0.15, -0.1) is 11.3 Å². The van der Waals surface area contributed by atoms with Gasteiger partial charge in [-0.3, -0.25) is 4.79 Å². The van der Waals surface area contributed by atoms with Gasteiger partial charge in [0.05, 0.1) is 19.3 Å². The van der Waals surface area contributed by atoms with Gasteiger partial charge in [-0.1, -0.05) is 136 Å². The molecule has 6 rings (SSSR count).